The Morgan fingerprint density at radius 3 is 2.50 bits per heavy atom. The molecule has 0 aliphatic carbocycles. The second-order valence-corrected chi connectivity index (χ2v) is 4.78. The van der Waals surface area contributed by atoms with Crippen LogP contribution in [0, 0.1) is 0 Å². The smallest absolute Gasteiger partial charge is 0.0310 e. The molecule has 0 saturated carbocycles. The van der Waals surface area contributed by atoms with Crippen molar-refractivity contribution in [3.05, 3.63) is 0 Å². The van der Waals surface area contributed by atoms with Crippen LogP contribution in [-0.4, -0.2) is 15.7 Å². The van der Waals surface area contributed by atoms with Gasteiger partial charge >= 0.3 is 0 Å². The Morgan fingerprint density at radius 1 is 1.88 bits per heavy atom. The first kappa shape index (κ1) is 6.81. The quantitative estimate of drug-likeness (QED) is 0.556. The van der Waals surface area contributed by atoms with Crippen molar-refractivity contribution < 1.29 is 0 Å². The van der Waals surface area contributed by atoms with Gasteiger partial charge in [0.05, 0.1) is 0 Å². The largest absolute Gasteiger partial charge is 0.171 e. The maximum atomic E-state index is 4.50. The van der Waals surface area contributed by atoms with Gasteiger partial charge in [-0.1, -0.05) is 6.92 Å². The van der Waals surface area contributed by atoms with E-state index in [-0.39, 0.29) is 0 Å². The van der Waals surface area contributed by atoms with E-state index in [1.165, 1.54) is 12.2 Å². The molecule has 0 aromatic rings. The highest BCUT2D eigenvalue weighted by molar-refractivity contribution is 8.04. The Morgan fingerprint density at radius 2 is 2.50 bits per heavy atom. The Balaban J connectivity index is 2.37. The van der Waals surface area contributed by atoms with Crippen LogP contribution in [0.2, 0.25) is 0 Å². The van der Waals surface area contributed by atoms with Crippen molar-refractivity contribution >= 4 is 24.4 Å². The zero-order valence-electron chi connectivity index (χ0n) is 5.35. The summed E-state index contributed by atoms with van der Waals surface area (Å²) in [6.45, 7) is 4.45. The zero-order chi connectivity index (χ0) is 6.20. The molecule has 0 aromatic carbocycles. The van der Waals surface area contributed by atoms with Crippen LogP contribution in [0.3, 0.4) is 0 Å². The van der Waals surface area contributed by atoms with Gasteiger partial charge in [-0.2, -0.15) is 24.4 Å². The predicted octanol–water partition coefficient (Wildman–Crippen LogP) is 2.20. The molecule has 48 valence electrons. The predicted molar refractivity (Wildman–Crippen MR) is 43.9 cm³/mol. The number of thiol groups is 1. The third-order valence-electron chi connectivity index (χ3n) is 1.64. The highest BCUT2D eigenvalue weighted by Crippen LogP contribution is 2.44. The van der Waals surface area contributed by atoms with Crippen LogP contribution < -0.4 is 0 Å². The van der Waals surface area contributed by atoms with E-state index in [1.54, 1.807) is 0 Å². The summed E-state index contributed by atoms with van der Waals surface area (Å²) in [5, 5.41) is 0.811. The Hall–Kier alpha value is 0.700. The van der Waals surface area contributed by atoms with Gasteiger partial charge in [-0.15, -0.1) is 0 Å². The molecule has 1 saturated heterocycles. The van der Waals surface area contributed by atoms with Gasteiger partial charge in [0, 0.05) is 15.7 Å². The van der Waals surface area contributed by atoms with E-state index in [4.69, 9.17) is 0 Å². The van der Waals surface area contributed by atoms with Gasteiger partial charge < -0.3 is 0 Å². The number of hydrogen-bond acceptors (Lipinski definition) is 2. The highest BCUT2D eigenvalue weighted by Gasteiger charge is 2.38. The average molecular weight is 148 g/mol. The molecule has 1 fully saturated rings. The molecule has 2 atom stereocenters. The molecule has 1 heterocycles. The molecular formula is C6H12S2. The normalized spacial score (nSPS) is 46.1. The Kier molecular flexibility index (Phi) is 1.83. The second-order valence-electron chi connectivity index (χ2n) is 2.57. The third-order valence-corrected chi connectivity index (χ3v) is 4.52. The highest BCUT2D eigenvalue weighted by atomic mass is 32.2. The number of hydrogen-bond donors (Lipinski definition) is 1. The van der Waals surface area contributed by atoms with Crippen molar-refractivity contribution in [1.82, 2.24) is 0 Å². The zero-order valence-corrected chi connectivity index (χ0v) is 7.06. The van der Waals surface area contributed by atoms with Crippen LogP contribution in [0.25, 0.3) is 0 Å². The topological polar surface area (TPSA) is 0 Å². The fraction of sp³-hybridized carbons (Fsp3) is 1.00. The van der Waals surface area contributed by atoms with Crippen molar-refractivity contribution in [2.45, 2.75) is 30.3 Å². The summed E-state index contributed by atoms with van der Waals surface area (Å²) in [5.74, 6) is 1.23. The number of rotatable bonds is 1. The summed E-state index contributed by atoms with van der Waals surface area (Å²) in [7, 11) is 0. The lowest BCUT2D eigenvalue weighted by atomic mass is 10.1. The molecule has 0 bridgehead atoms. The standard InChI is InChI=1S/C6H12S2/c1-3-5-6(2,7)4-8-5/h5,7H,3-4H2,1-2H3/t5?,6-/m0/s1. The molecule has 1 aliphatic heterocycles. The molecule has 1 aliphatic rings. The second kappa shape index (κ2) is 2.14. The maximum absolute atomic E-state index is 4.50. The summed E-state index contributed by atoms with van der Waals surface area (Å²) in [5.41, 5.74) is 0. The molecule has 2 heteroatoms. The van der Waals surface area contributed by atoms with Crippen molar-refractivity contribution in [2.75, 3.05) is 5.75 Å². The molecule has 0 nitrogen and oxygen atoms in total. The summed E-state index contributed by atoms with van der Waals surface area (Å²) in [6, 6.07) is 0. The summed E-state index contributed by atoms with van der Waals surface area (Å²) in [6.07, 6.45) is 1.27. The van der Waals surface area contributed by atoms with Gasteiger partial charge in [0.25, 0.3) is 0 Å². The first-order chi connectivity index (χ1) is 3.67. The first-order valence-corrected chi connectivity index (χ1v) is 4.50. The van der Waals surface area contributed by atoms with Crippen molar-refractivity contribution in [3.63, 3.8) is 0 Å². The van der Waals surface area contributed by atoms with Crippen LogP contribution in [0.15, 0.2) is 0 Å². The van der Waals surface area contributed by atoms with E-state index < -0.39 is 0 Å². The van der Waals surface area contributed by atoms with Crippen molar-refractivity contribution in [1.29, 1.82) is 0 Å². The van der Waals surface area contributed by atoms with Crippen LogP contribution >= 0.6 is 24.4 Å². The van der Waals surface area contributed by atoms with E-state index in [9.17, 15) is 0 Å². The van der Waals surface area contributed by atoms with E-state index in [2.05, 4.69) is 26.5 Å². The molecule has 1 rings (SSSR count). The van der Waals surface area contributed by atoms with Crippen molar-refractivity contribution in [2.24, 2.45) is 0 Å². The fourth-order valence-corrected chi connectivity index (χ4v) is 2.75. The van der Waals surface area contributed by atoms with Crippen LogP contribution in [-0.2, 0) is 0 Å². The van der Waals surface area contributed by atoms with E-state index >= 15 is 0 Å². The lowest BCUT2D eigenvalue weighted by Crippen LogP contribution is -2.43. The minimum Gasteiger partial charge on any atom is -0.171 e. The van der Waals surface area contributed by atoms with E-state index in [0.29, 0.717) is 4.75 Å². The van der Waals surface area contributed by atoms with Gasteiger partial charge in [-0.25, -0.2) is 0 Å². The third kappa shape index (κ3) is 1.01. The van der Waals surface area contributed by atoms with Crippen LogP contribution in [0.5, 0.6) is 0 Å². The van der Waals surface area contributed by atoms with Gasteiger partial charge in [0.15, 0.2) is 0 Å². The SMILES string of the molecule is CCC1SC[C@]1(C)S. The maximum Gasteiger partial charge on any atom is 0.0310 e. The summed E-state index contributed by atoms with van der Waals surface area (Å²) < 4.78 is 0.347. The van der Waals surface area contributed by atoms with Crippen LogP contribution in [0.1, 0.15) is 20.3 Å². The first-order valence-electron chi connectivity index (χ1n) is 3.01. The van der Waals surface area contributed by atoms with Gasteiger partial charge in [-0.05, 0) is 13.3 Å². The van der Waals surface area contributed by atoms with Gasteiger partial charge in [0.1, 0.15) is 0 Å². The Bertz CT molecular complexity index is 86.5. The average Bonchev–Trinajstić information content (AvgIpc) is 1.66. The van der Waals surface area contributed by atoms with E-state index in [0.717, 1.165) is 5.25 Å². The molecule has 0 N–H and O–H groups in total. The molecule has 1 unspecified atom stereocenters. The lowest BCUT2D eigenvalue weighted by Gasteiger charge is -2.42. The molecule has 8 heavy (non-hydrogen) atoms. The minimum atomic E-state index is 0.347. The molecule has 0 spiro atoms. The minimum absolute atomic E-state index is 0.347. The molecule has 0 amide bonds. The van der Waals surface area contributed by atoms with Crippen LogP contribution in [0.4, 0.5) is 0 Å². The lowest BCUT2D eigenvalue weighted by molar-refractivity contribution is 0.618. The van der Waals surface area contributed by atoms with Crippen molar-refractivity contribution in [3.8, 4) is 0 Å². The Labute approximate surface area is 60.8 Å². The van der Waals surface area contributed by atoms with Gasteiger partial charge in [0.2, 0.25) is 0 Å². The summed E-state index contributed by atoms with van der Waals surface area (Å²) in [4.78, 5) is 0. The summed E-state index contributed by atoms with van der Waals surface area (Å²) >= 11 is 6.53. The molecule has 0 radical (unpaired) electrons. The molecule has 0 aromatic heterocycles. The molecular weight excluding hydrogens is 136 g/mol. The van der Waals surface area contributed by atoms with E-state index in [1.807, 2.05) is 11.8 Å². The monoisotopic (exact) mass is 148 g/mol. The number of thioether (sulfide) groups is 1. The fourth-order valence-electron chi connectivity index (χ4n) is 1.000. The van der Waals surface area contributed by atoms with Gasteiger partial charge in [-0.3, -0.25) is 0 Å².